The number of nitrogens with zero attached hydrogens (tertiary/aromatic N) is 3. The minimum Gasteiger partial charge on any atom is -0.480 e. The van der Waals surface area contributed by atoms with Crippen molar-refractivity contribution in [1.29, 1.82) is 0 Å². The van der Waals surface area contributed by atoms with Gasteiger partial charge >= 0.3 is 5.97 Å². The number of benzene rings is 2. The zero-order chi connectivity index (χ0) is 19.0. The standard InChI is InChI=1S/C20H17N3O4/c24-17(22-11-10-16(22)20(26)27)12-23-19(25)15-9-5-4-8-14(15)18(21-23)13-6-2-1-3-7-13/h1-9,16H,10-12H2,(H,26,27)/t16-/m1/s1. The quantitative estimate of drug-likeness (QED) is 0.762. The van der Waals surface area contributed by atoms with E-state index in [4.69, 9.17) is 5.11 Å². The van der Waals surface area contributed by atoms with E-state index in [9.17, 15) is 14.4 Å². The van der Waals surface area contributed by atoms with E-state index in [1.54, 1.807) is 12.1 Å². The third-order valence-electron chi connectivity index (χ3n) is 4.83. The number of carbonyl (C=O) groups is 2. The number of aromatic nitrogens is 2. The summed E-state index contributed by atoms with van der Waals surface area (Å²) >= 11 is 0. The first-order valence-electron chi connectivity index (χ1n) is 8.64. The third-order valence-corrected chi connectivity index (χ3v) is 4.83. The number of hydrogen-bond acceptors (Lipinski definition) is 4. The van der Waals surface area contributed by atoms with Crippen LogP contribution in [-0.4, -0.2) is 44.3 Å². The summed E-state index contributed by atoms with van der Waals surface area (Å²) in [6, 6.07) is 15.7. The van der Waals surface area contributed by atoms with Gasteiger partial charge in [-0.3, -0.25) is 9.59 Å². The average Bonchev–Trinajstić information content (AvgIpc) is 2.63. The molecule has 0 spiro atoms. The molecule has 1 N–H and O–H groups in total. The number of amides is 1. The summed E-state index contributed by atoms with van der Waals surface area (Å²) < 4.78 is 1.13. The highest BCUT2D eigenvalue weighted by atomic mass is 16.4. The molecule has 4 rings (SSSR count). The Kier molecular flexibility index (Phi) is 4.19. The van der Waals surface area contributed by atoms with Crippen LogP contribution in [0.25, 0.3) is 22.0 Å². The Morgan fingerprint density at radius 1 is 1.04 bits per heavy atom. The topological polar surface area (TPSA) is 92.5 Å². The highest BCUT2D eigenvalue weighted by Crippen LogP contribution is 2.24. The lowest BCUT2D eigenvalue weighted by Gasteiger charge is -2.37. The smallest absolute Gasteiger partial charge is 0.326 e. The van der Waals surface area contributed by atoms with Crippen LogP contribution in [0.5, 0.6) is 0 Å². The van der Waals surface area contributed by atoms with Crippen LogP contribution in [0.15, 0.2) is 59.4 Å². The van der Waals surface area contributed by atoms with Gasteiger partial charge in [0.15, 0.2) is 0 Å². The molecule has 7 nitrogen and oxygen atoms in total. The molecule has 1 aliphatic heterocycles. The van der Waals surface area contributed by atoms with Crippen molar-refractivity contribution in [2.24, 2.45) is 0 Å². The first-order chi connectivity index (χ1) is 13.1. The predicted molar refractivity (Wildman–Crippen MR) is 99.2 cm³/mol. The molecule has 2 aromatic carbocycles. The Morgan fingerprint density at radius 3 is 2.33 bits per heavy atom. The maximum Gasteiger partial charge on any atom is 0.326 e. The van der Waals surface area contributed by atoms with Gasteiger partial charge in [0.1, 0.15) is 12.6 Å². The molecule has 1 amide bonds. The molecule has 27 heavy (non-hydrogen) atoms. The van der Waals surface area contributed by atoms with Gasteiger partial charge in [-0.2, -0.15) is 5.10 Å². The van der Waals surface area contributed by atoms with Gasteiger partial charge < -0.3 is 10.0 Å². The fourth-order valence-corrected chi connectivity index (χ4v) is 3.31. The molecule has 0 bridgehead atoms. The Morgan fingerprint density at radius 2 is 1.70 bits per heavy atom. The summed E-state index contributed by atoms with van der Waals surface area (Å²) in [6.45, 7) is 0.0942. The van der Waals surface area contributed by atoms with Crippen LogP contribution < -0.4 is 5.56 Å². The van der Waals surface area contributed by atoms with E-state index in [1.807, 2.05) is 42.5 Å². The van der Waals surface area contributed by atoms with E-state index in [2.05, 4.69) is 5.10 Å². The Bertz CT molecular complexity index is 1090. The van der Waals surface area contributed by atoms with Crippen molar-refractivity contribution in [3.8, 4) is 11.3 Å². The van der Waals surface area contributed by atoms with Gasteiger partial charge in [0.25, 0.3) is 5.56 Å². The molecule has 7 heteroatoms. The van der Waals surface area contributed by atoms with E-state index in [-0.39, 0.29) is 12.1 Å². The summed E-state index contributed by atoms with van der Waals surface area (Å²) in [5.41, 5.74) is 1.07. The van der Waals surface area contributed by atoms with Crippen LogP contribution >= 0.6 is 0 Å². The van der Waals surface area contributed by atoms with Gasteiger partial charge in [-0.1, -0.05) is 48.5 Å². The largest absolute Gasteiger partial charge is 0.480 e. The average molecular weight is 363 g/mol. The Labute approximate surface area is 154 Å². The third kappa shape index (κ3) is 2.97. The molecule has 0 saturated carbocycles. The van der Waals surface area contributed by atoms with Crippen LogP contribution in [0.4, 0.5) is 0 Å². The molecule has 2 heterocycles. The van der Waals surface area contributed by atoms with Crippen molar-refractivity contribution in [1.82, 2.24) is 14.7 Å². The number of carboxylic acids is 1. The molecule has 0 unspecified atom stereocenters. The van der Waals surface area contributed by atoms with Crippen molar-refractivity contribution in [2.45, 2.75) is 19.0 Å². The maximum absolute atomic E-state index is 12.8. The number of fused-ring (bicyclic) bond motifs is 1. The summed E-state index contributed by atoms with van der Waals surface area (Å²) in [7, 11) is 0. The Balaban J connectivity index is 1.77. The van der Waals surface area contributed by atoms with Crippen LogP contribution in [0.3, 0.4) is 0 Å². The van der Waals surface area contributed by atoms with Gasteiger partial charge in [-0.15, -0.1) is 0 Å². The zero-order valence-corrected chi connectivity index (χ0v) is 14.4. The van der Waals surface area contributed by atoms with Crippen LogP contribution in [0, 0.1) is 0 Å². The minimum absolute atomic E-state index is 0.284. The summed E-state index contributed by atoms with van der Waals surface area (Å²) in [4.78, 5) is 37.7. The Hall–Kier alpha value is -3.48. The molecule has 1 aliphatic rings. The molecule has 136 valence electrons. The predicted octanol–water partition coefficient (Wildman–Crippen LogP) is 1.75. The van der Waals surface area contributed by atoms with E-state index in [1.165, 1.54) is 4.90 Å². The maximum atomic E-state index is 12.8. The summed E-state index contributed by atoms with van der Waals surface area (Å²) in [5, 5.41) is 14.7. The second-order valence-corrected chi connectivity index (χ2v) is 6.45. The fourth-order valence-electron chi connectivity index (χ4n) is 3.31. The molecular weight excluding hydrogens is 346 g/mol. The summed E-state index contributed by atoms with van der Waals surface area (Å²) in [6.07, 6.45) is 0.427. The first-order valence-corrected chi connectivity index (χ1v) is 8.64. The lowest BCUT2D eigenvalue weighted by Crippen LogP contribution is -2.56. The monoisotopic (exact) mass is 363 g/mol. The SMILES string of the molecule is O=C(O)[C@H]1CCN1C(=O)Cn1nc(-c2ccccc2)c2ccccc2c1=O. The number of rotatable bonds is 4. The van der Waals surface area contributed by atoms with Gasteiger partial charge in [0.2, 0.25) is 5.91 Å². The zero-order valence-electron chi connectivity index (χ0n) is 14.4. The lowest BCUT2D eigenvalue weighted by molar-refractivity contribution is -0.157. The minimum atomic E-state index is -1.03. The summed E-state index contributed by atoms with van der Waals surface area (Å²) in [5.74, 6) is -1.45. The highest BCUT2D eigenvalue weighted by Gasteiger charge is 2.37. The van der Waals surface area contributed by atoms with Crippen LogP contribution in [-0.2, 0) is 16.1 Å². The molecule has 1 fully saturated rings. The van der Waals surface area contributed by atoms with E-state index in [0.29, 0.717) is 29.4 Å². The number of aliphatic carboxylic acids is 1. The second kappa shape index (κ2) is 6.68. The van der Waals surface area contributed by atoms with E-state index >= 15 is 0 Å². The van der Waals surface area contributed by atoms with E-state index in [0.717, 1.165) is 10.2 Å². The van der Waals surface area contributed by atoms with E-state index < -0.39 is 17.9 Å². The molecule has 1 atom stereocenters. The van der Waals surface area contributed by atoms with Gasteiger partial charge in [-0.25, -0.2) is 9.48 Å². The number of likely N-dealkylation sites (tertiary alicyclic amines) is 1. The normalized spacial score (nSPS) is 16.1. The lowest BCUT2D eigenvalue weighted by atomic mass is 10.0. The van der Waals surface area contributed by atoms with Crippen molar-refractivity contribution < 1.29 is 14.7 Å². The van der Waals surface area contributed by atoms with Gasteiger partial charge in [0, 0.05) is 17.5 Å². The molecule has 3 aromatic rings. The molecule has 1 saturated heterocycles. The van der Waals surface area contributed by atoms with Crippen molar-refractivity contribution in [2.75, 3.05) is 6.54 Å². The number of carbonyl (C=O) groups excluding carboxylic acids is 1. The van der Waals surface area contributed by atoms with Crippen molar-refractivity contribution >= 4 is 22.6 Å². The number of carboxylic acid groups (broad SMARTS) is 1. The first kappa shape index (κ1) is 17.0. The molecule has 1 aromatic heterocycles. The van der Waals surface area contributed by atoms with Crippen LogP contribution in [0.2, 0.25) is 0 Å². The van der Waals surface area contributed by atoms with Crippen molar-refractivity contribution in [3.63, 3.8) is 0 Å². The van der Waals surface area contributed by atoms with Gasteiger partial charge in [0.05, 0.1) is 11.1 Å². The molecule has 0 aliphatic carbocycles. The molecular formula is C20H17N3O4. The number of hydrogen-bond donors (Lipinski definition) is 1. The van der Waals surface area contributed by atoms with Gasteiger partial charge in [-0.05, 0) is 12.5 Å². The second-order valence-electron chi connectivity index (χ2n) is 6.45. The molecule has 0 radical (unpaired) electrons. The van der Waals surface area contributed by atoms with Crippen LogP contribution in [0.1, 0.15) is 6.42 Å². The fraction of sp³-hybridized carbons (Fsp3) is 0.200. The van der Waals surface area contributed by atoms with Crippen molar-refractivity contribution in [3.05, 3.63) is 65.0 Å². The highest BCUT2D eigenvalue weighted by molar-refractivity contribution is 5.94.